The van der Waals surface area contributed by atoms with Crippen molar-refractivity contribution in [2.24, 2.45) is 0 Å². The van der Waals surface area contributed by atoms with Crippen molar-refractivity contribution >= 4 is 11.8 Å². The van der Waals surface area contributed by atoms with E-state index in [0.717, 1.165) is 16.9 Å². The van der Waals surface area contributed by atoms with Crippen LogP contribution in [0.25, 0.3) is 0 Å². The Labute approximate surface area is 104 Å². The molecule has 5 heteroatoms. The molecule has 0 fully saturated rings. The van der Waals surface area contributed by atoms with Gasteiger partial charge in [0, 0.05) is 11.3 Å². The molecule has 0 unspecified atom stereocenters. The summed E-state index contributed by atoms with van der Waals surface area (Å²) >= 11 is 1.62. The fraction of sp³-hybridized carbons (Fsp3) is 0.333. The molecular formula is C12H14N2O2S. The Morgan fingerprint density at radius 3 is 2.82 bits per heavy atom. The Balaban J connectivity index is 1.96. The minimum atomic E-state index is 0.0644. The summed E-state index contributed by atoms with van der Waals surface area (Å²) in [5.41, 5.74) is 0.912. The second-order valence-corrected chi connectivity index (χ2v) is 4.59. The van der Waals surface area contributed by atoms with Crippen LogP contribution in [0.2, 0.25) is 0 Å². The number of benzene rings is 1. The Morgan fingerprint density at radius 1 is 1.29 bits per heavy atom. The van der Waals surface area contributed by atoms with Gasteiger partial charge in [-0.3, -0.25) is 0 Å². The highest BCUT2D eigenvalue weighted by Crippen LogP contribution is 2.23. The maximum absolute atomic E-state index is 9.03. The summed E-state index contributed by atoms with van der Waals surface area (Å²) in [5.74, 6) is 1.97. The Hall–Kier alpha value is -1.33. The standard InChI is InChI=1S/C12H14N2O2S/c1-2-11-13-14-12(16-11)8-17-10-5-3-4-9(6-10)7-15/h3-6,15H,2,7-8H2,1H3. The molecule has 0 saturated carbocycles. The number of hydrogen-bond donors (Lipinski definition) is 1. The van der Waals surface area contributed by atoms with Crippen molar-refractivity contribution in [2.45, 2.75) is 30.6 Å². The lowest BCUT2D eigenvalue weighted by Crippen LogP contribution is -1.84. The number of rotatable bonds is 5. The molecule has 0 atom stereocenters. The summed E-state index contributed by atoms with van der Waals surface area (Å²) in [5, 5.41) is 16.9. The van der Waals surface area contributed by atoms with E-state index in [-0.39, 0.29) is 6.61 Å². The third-order valence-electron chi connectivity index (χ3n) is 2.25. The third-order valence-corrected chi connectivity index (χ3v) is 3.23. The minimum Gasteiger partial charge on any atom is -0.424 e. The Morgan fingerprint density at radius 2 is 2.12 bits per heavy atom. The topological polar surface area (TPSA) is 59.2 Å². The van der Waals surface area contributed by atoms with Crippen LogP contribution >= 0.6 is 11.8 Å². The van der Waals surface area contributed by atoms with Crippen molar-refractivity contribution in [1.82, 2.24) is 10.2 Å². The molecule has 1 N–H and O–H groups in total. The average Bonchev–Trinajstić information content (AvgIpc) is 2.84. The highest BCUT2D eigenvalue weighted by atomic mass is 32.2. The van der Waals surface area contributed by atoms with Crippen LogP contribution in [-0.2, 0) is 18.8 Å². The van der Waals surface area contributed by atoms with Crippen LogP contribution in [0.4, 0.5) is 0 Å². The number of aromatic nitrogens is 2. The van der Waals surface area contributed by atoms with E-state index in [9.17, 15) is 0 Å². The highest BCUT2D eigenvalue weighted by molar-refractivity contribution is 7.98. The second-order valence-electron chi connectivity index (χ2n) is 3.54. The monoisotopic (exact) mass is 250 g/mol. The predicted octanol–water partition coefficient (Wildman–Crippen LogP) is 2.42. The number of thioether (sulfide) groups is 1. The predicted molar refractivity (Wildman–Crippen MR) is 65.6 cm³/mol. The summed E-state index contributed by atoms with van der Waals surface area (Å²) in [6.45, 7) is 2.05. The van der Waals surface area contributed by atoms with Gasteiger partial charge in [0.05, 0.1) is 12.4 Å². The van der Waals surface area contributed by atoms with Crippen molar-refractivity contribution in [2.75, 3.05) is 0 Å². The molecule has 17 heavy (non-hydrogen) atoms. The molecule has 0 aliphatic heterocycles. The molecule has 0 aliphatic rings. The number of nitrogens with zero attached hydrogens (tertiary/aromatic N) is 2. The zero-order valence-corrected chi connectivity index (χ0v) is 10.4. The summed E-state index contributed by atoms with van der Waals surface area (Å²) in [7, 11) is 0. The van der Waals surface area contributed by atoms with Crippen LogP contribution in [0.1, 0.15) is 24.3 Å². The van der Waals surface area contributed by atoms with E-state index in [1.165, 1.54) is 0 Å². The van der Waals surface area contributed by atoms with Crippen LogP contribution in [0.3, 0.4) is 0 Å². The van der Waals surface area contributed by atoms with Crippen molar-refractivity contribution in [1.29, 1.82) is 0 Å². The van der Waals surface area contributed by atoms with E-state index >= 15 is 0 Å². The number of aliphatic hydroxyl groups is 1. The van der Waals surface area contributed by atoms with Crippen LogP contribution in [0.15, 0.2) is 33.6 Å². The fourth-order valence-electron chi connectivity index (χ4n) is 1.37. The zero-order valence-electron chi connectivity index (χ0n) is 9.59. The molecule has 0 aliphatic carbocycles. The quantitative estimate of drug-likeness (QED) is 0.826. The fourth-order valence-corrected chi connectivity index (χ4v) is 2.18. The lowest BCUT2D eigenvalue weighted by atomic mass is 10.2. The van der Waals surface area contributed by atoms with Gasteiger partial charge < -0.3 is 9.52 Å². The average molecular weight is 250 g/mol. The van der Waals surface area contributed by atoms with Gasteiger partial charge in [-0.2, -0.15) is 0 Å². The first-order valence-electron chi connectivity index (χ1n) is 5.45. The van der Waals surface area contributed by atoms with Crippen molar-refractivity contribution in [3.05, 3.63) is 41.6 Å². The van der Waals surface area contributed by atoms with E-state index in [1.807, 2.05) is 31.2 Å². The first-order chi connectivity index (χ1) is 8.31. The normalized spacial score (nSPS) is 10.7. The molecule has 2 rings (SSSR count). The van der Waals surface area contributed by atoms with Gasteiger partial charge in [-0.15, -0.1) is 22.0 Å². The number of hydrogen-bond acceptors (Lipinski definition) is 5. The zero-order chi connectivity index (χ0) is 12.1. The van der Waals surface area contributed by atoms with Crippen molar-refractivity contribution in [3.63, 3.8) is 0 Å². The molecule has 1 heterocycles. The molecule has 0 amide bonds. The summed E-state index contributed by atoms with van der Waals surface area (Å²) in [4.78, 5) is 1.09. The number of aryl methyl sites for hydroxylation is 1. The largest absolute Gasteiger partial charge is 0.424 e. The Kier molecular flexibility index (Phi) is 4.17. The van der Waals surface area contributed by atoms with E-state index in [4.69, 9.17) is 9.52 Å². The maximum Gasteiger partial charge on any atom is 0.226 e. The molecule has 1 aromatic carbocycles. The molecule has 0 bridgehead atoms. The molecule has 0 saturated heterocycles. The second kappa shape index (κ2) is 5.84. The Bertz CT molecular complexity index is 485. The lowest BCUT2D eigenvalue weighted by Gasteiger charge is -2.00. The maximum atomic E-state index is 9.03. The SMILES string of the molecule is CCc1nnc(CSc2cccc(CO)c2)o1. The van der Waals surface area contributed by atoms with Gasteiger partial charge in [-0.25, -0.2) is 0 Å². The van der Waals surface area contributed by atoms with Crippen LogP contribution in [0.5, 0.6) is 0 Å². The third kappa shape index (κ3) is 3.31. The minimum absolute atomic E-state index is 0.0644. The van der Waals surface area contributed by atoms with Crippen LogP contribution < -0.4 is 0 Å². The molecule has 90 valence electrons. The summed E-state index contributed by atoms with van der Waals surface area (Å²) in [6, 6.07) is 7.79. The van der Waals surface area contributed by atoms with Gasteiger partial charge in [0.15, 0.2) is 0 Å². The number of aliphatic hydroxyl groups excluding tert-OH is 1. The van der Waals surface area contributed by atoms with Crippen LogP contribution in [0, 0.1) is 0 Å². The van der Waals surface area contributed by atoms with Crippen molar-refractivity contribution in [3.8, 4) is 0 Å². The van der Waals surface area contributed by atoms with E-state index < -0.39 is 0 Å². The molecule has 0 radical (unpaired) electrons. The van der Waals surface area contributed by atoms with Gasteiger partial charge in [0.1, 0.15) is 0 Å². The molecular weight excluding hydrogens is 236 g/mol. The highest BCUT2D eigenvalue weighted by Gasteiger charge is 2.05. The van der Waals surface area contributed by atoms with Gasteiger partial charge in [0.2, 0.25) is 11.8 Å². The summed E-state index contributed by atoms with van der Waals surface area (Å²) < 4.78 is 5.42. The molecule has 0 spiro atoms. The van der Waals surface area contributed by atoms with Gasteiger partial charge >= 0.3 is 0 Å². The van der Waals surface area contributed by atoms with E-state index in [0.29, 0.717) is 17.5 Å². The van der Waals surface area contributed by atoms with Gasteiger partial charge in [-0.1, -0.05) is 19.1 Å². The first kappa shape index (κ1) is 12.1. The van der Waals surface area contributed by atoms with Crippen LogP contribution in [-0.4, -0.2) is 15.3 Å². The molecule has 2 aromatic rings. The summed E-state index contributed by atoms with van der Waals surface area (Å²) in [6.07, 6.45) is 0.762. The molecule has 1 aromatic heterocycles. The van der Waals surface area contributed by atoms with E-state index in [1.54, 1.807) is 11.8 Å². The smallest absolute Gasteiger partial charge is 0.226 e. The van der Waals surface area contributed by atoms with Gasteiger partial charge in [-0.05, 0) is 17.7 Å². The van der Waals surface area contributed by atoms with Crippen molar-refractivity contribution < 1.29 is 9.52 Å². The van der Waals surface area contributed by atoms with E-state index in [2.05, 4.69) is 10.2 Å². The van der Waals surface area contributed by atoms with Gasteiger partial charge in [0.25, 0.3) is 0 Å². The first-order valence-corrected chi connectivity index (χ1v) is 6.44. The molecule has 4 nitrogen and oxygen atoms in total. The lowest BCUT2D eigenvalue weighted by molar-refractivity contribution is 0.281.